The van der Waals surface area contributed by atoms with Gasteiger partial charge in [0.1, 0.15) is 24.2 Å². The van der Waals surface area contributed by atoms with Gasteiger partial charge in [-0.3, -0.25) is 0 Å². The monoisotopic (exact) mass is 322 g/mol. The van der Waals surface area contributed by atoms with Crippen molar-refractivity contribution in [1.29, 1.82) is 5.26 Å². The first kappa shape index (κ1) is 15.2. The summed E-state index contributed by atoms with van der Waals surface area (Å²) in [5.74, 6) is -0.0777. The van der Waals surface area contributed by atoms with Crippen molar-refractivity contribution in [3.05, 3.63) is 53.3 Å². The highest BCUT2D eigenvalue weighted by Gasteiger charge is 2.32. The molecule has 0 amide bonds. The average Bonchev–Trinajstić information content (AvgIpc) is 2.52. The maximum absolute atomic E-state index is 13.5. The molecule has 2 aromatic rings. The Morgan fingerprint density at radius 1 is 1.09 bits per heavy atom. The van der Waals surface area contributed by atoms with E-state index in [1.165, 1.54) is 24.3 Å². The first-order chi connectivity index (χ1) is 10.9. The molecule has 0 saturated carbocycles. The molecule has 0 radical (unpaired) electrons. The third kappa shape index (κ3) is 2.80. The fourth-order valence-corrected chi connectivity index (χ4v) is 2.48. The SMILES string of the molecule is N#Cc1cc(C(F)(F)F)ccc1N1CCOc2ccc(F)cc21. The van der Waals surface area contributed by atoms with E-state index in [9.17, 15) is 22.8 Å². The quantitative estimate of drug-likeness (QED) is 0.737. The van der Waals surface area contributed by atoms with Crippen LogP contribution < -0.4 is 9.64 Å². The number of hydrogen-bond donors (Lipinski definition) is 0. The summed E-state index contributed by atoms with van der Waals surface area (Å²) in [6.45, 7) is 0.584. The Morgan fingerprint density at radius 2 is 1.87 bits per heavy atom. The number of fused-ring (bicyclic) bond motifs is 1. The van der Waals surface area contributed by atoms with Crippen LogP contribution in [0, 0.1) is 17.1 Å². The van der Waals surface area contributed by atoms with Crippen LogP contribution in [0.4, 0.5) is 28.9 Å². The van der Waals surface area contributed by atoms with Gasteiger partial charge in [0, 0.05) is 6.07 Å². The minimum atomic E-state index is -4.53. The number of benzene rings is 2. The van der Waals surface area contributed by atoms with Crippen molar-refractivity contribution in [2.45, 2.75) is 6.18 Å². The molecule has 1 aliphatic heterocycles. The Bertz CT molecular complexity index is 796. The minimum Gasteiger partial charge on any atom is -0.490 e. The Hall–Kier alpha value is -2.75. The van der Waals surface area contributed by atoms with Crippen molar-refractivity contribution < 1.29 is 22.3 Å². The Labute approximate surface area is 129 Å². The van der Waals surface area contributed by atoms with Gasteiger partial charge in [0.2, 0.25) is 0 Å². The summed E-state index contributed by atoms with van der Waals surface area (Å²) in [5, 5.41) is 9.19. The van der Waals surface area contributed by atoms with E-state index >= 15 is 0 Å². The number of alkyl halides is 3. The topological polar surface area (TPSA) is 36.3 Å². The molecule has 23 heavy (non-hydrogen) atoms. The summed E-state index contributed by atoms with van der Waals surface area (Å²) in [7, 11) is 0. The molecule has 3 nitrogen and oxygen atoms in total. The summed E-state index contributed by atoms with van der Waals surface area (Å²) in [6.07, 6.45) is -4.53. The fraction of sp³-hybridized carbons (Fsp3) is 0.188. The predicted octanol–water partition coefficient (Wildman–Crippen LogP) is 4.25. The molecule has 1 heterocycles. The molecule has 0 spiro atoms. The first-order valence-electron chi connectivity index (χ1n) is 6.71. The van der Waals surface area contributed by atoms with Crippen LogP contribution in [0.1, 0.15) is 11.1 Å². The molecule has 0 unspecified atom stereocenters. The Balaban J connectivity index is 2.11. The van der Waals surface area contributed by atoms with E-state index in [-0.39, 0.29) is 17.9 Å². The third-order valence-corrected chi connectivity index (χ3v) is 3.52. The number of nitrogens with zero attached hydrogens (tertiary/aromatic N) is 2. The number of halogens is 4. The second-order valence-electron chi connectivity index (χ2n) is 4.95. The molecule has 0 bridgehead atoms. The van der Waals surface area contributed by atoms with E-state index in [4.69, 9.17) is 4.74 Å². The van der Waals surface area contributed by atoms with Gasteiger partial charge < -0.3 is 9.64 Å². The smallest absolute Gasteiger partial charge is 0.416 e. The van der Waals surface area contributed by atoms with E-state index in [1.807, 2.05) is 0 Å². The molecule has 0 saturated heterocycles. The molecular weight excluding hydrogens is 312 g/mol. The van der Waals surface area contributed by atoms with Gasteiger partial charge in [-0.05, 0) is 30.3 Å². The lowest BCUT2D eigenvalue weighted by molar-refractivity contribution is -0.137. The fourth-order valence-electron chi connectivity index (χ4n) is 2.48. The molecule has 0 atom stereocenters. The van der Waals surface area contributed by atoms with Crippen LogP contribution >= 0.6 is 0 Å². The van der Waals surface area contributed by atoms with Gasteiger partial charge in [0.25, 0.3) is 0 Å². The van der Waals surface area contributed by atoms with Crippen molar-refractivity contribution in [2.24, 2.45) is 0 Å². The lowest BCUT2D eigenvalue weighted by atomic mass is 10.1. The highest BCUT2D eigenvalue weighted by Crippen LogP contribution is 2.40. The summed E-state index contributed by atoms with van der Waals surface area (Å²) in [4.78, 5) is 1.58. The van der Waals surface area contributed by atoms with Gasteiger partial charge in [0.05, 0.1) is 29.0 Å². The number of ether oxygens (including phenoxy) is 1. The minimum absolute atomic E-state index is 0.128. The van der Waals surface area contributed by atoms with Crippen LogP contribution in [0.3, 0.4) is 0 Å². The number of nitriles is 1. The normalized spacial score (nSPS) is 14.0. The van der Waals surface area contributed by atoms with Crippen molar-refractivity contribution in [3.63, 3.8) is 0 Å². The molecule has 3 rings (SSSR count). The van der Waals surface area contributed by atoms with Crippen molar-refractivity contribution >= 4 is 11.4 Å². The van der Waals surface area contributed by atoms with E-state index in [2.05, 4.69) is 0 Å². The number of anilines is 2. The maximum Gasteiger partial charge on any atom is 0.416 e. The molecule has 0 aromatic heterocycles. The molecule has 7 heteroatoms. The van der Waals surface area contributed by atoms with Gasteiger partial charge in [-0.2, -0.15) is 18.4 Å². The molecule has 1 aliphatic rings. The second kappa shape index (κ2) is 5.47. The summed E-state index contributed by atoms with van der Waals surface area (Å²) in [5.41, 5.74) is -0.356. The van der Waals surface area contributed by atoms with Crippen LogP contribution in [-0.2, 0) is 6.18 Å². The van der Waals surface area contributed by atoms with Crippen LogP contribution in [0.25, 0.3) is 0 Å². The average molecular weight is 322 g/mol. The maximum atomic E-state index is 13.5. The largest absolute Gasteiger partial charge is 0.490 e. The van der Waals surface area contributed by atoms with Crippen LogP contribution in [0.2, 0.25) is 0 Å². The molecule has 0 aliphatic carbocycles. The van der Waals surface area contributed by atoms with Crippen molar-refractivity contribution in [3.8, 4) is 11.8 Å². The molecule has 0 fully saturated rings. The zero-order valence-corrected chi connectivity index (χ0v) is 11.7. The van der Waals surface area contributed by atoms with E-state index < -0.39 is 17.6 Å². The summed E-state index contributed by atoms with van der Waals surface area (Å²) >= 11 is 0. The molecular formula is C16H10F4N2O. The van der Waals surface area contributed by atoms with Crippen LogP contribution in [0.15, 0.2) is 36.4 Å². The summed E-state index contributed by atoms with van der Waals surface area (Å²) < 4.78 is 57.2. The van der Waals surface area contributed by atoms with Crippen molar-refractivity contribution in [1.82, 2.24) is 0 Å². The molecule has 0 N–H and O–H groups in total. The summed E-state index contributed by atoms with van der Waals surface area (Å²) in [6, 6.07) is 8.62. The number of rotatable bonds is 1. The highest BCUT2D eigenvalue weighted by molar-refractivity contribution is 5.74. The molecule has 118 valence electrons. The highest BCUT2D eigenvalue weighted by atomic mass is 19.4. The van der Waals surface area contributed by atoms with Gasteiger partial charge in [0.15, 0.2) is 0 Å². The van der Waals surface area contributed by atoms with E-state index in [0.717, 1.165) is 12.1 Å². The third-order valence-electron chi connectivity index (χ3n) is 3.52. The van der Waals surface area contributed by atoms with Gasteiger partial charge in [-0.25, -0.2) is 4.39 Å². The van der Waals surface area contributed by atoms with E-state index in [1.54, 1.807) is 11.0 Å². The standard InChI is InChI=1S/C16H10F4N2O/c17-12-2-4-15-14(8-12)22(5-6-23-15)13-3-1-11(16(18,19)20)7-10(13)9-21/h1-4,7-8H,5-6H2. The zero-order chi connectivity index (χ0) is 16.6. The van der Waals surface area contributed by atoms with Crippen LogP contribution in [-0.4, -0.2) is 13.2 Å². The first-order valence-corrected chi connectivity index (χ1v) is 6.71. The predicted molar refractivity (Wildman–Crippen MR) is 75.1 cm³/mol. The van der Waals surface area contributed by atoms with E-state index in [0.29, 0.717) is 18.0 Å². The van der Waals surface area contributed by atoms with Gasteiger partial charge in [-0.1, -0.05) is 0 Å². The molecule has 2 aromatic carbocycles. The van der Waals surface area contributed by atoms with Crippen molar-refractivity contribution in [2.75, 3.05) is 18.1 Å². The van der Waals surface area contributed by atoms with Crippen LogP contribution in [0.5, 0.6) is 5.75 Å². The Morgan fingerprint density at radius 3 is 2.57 bits per heavy atom. The number of hydrogen-bond acceptors (Lipinski definition) is 3. The Kier molecular flexibility index (Phi) is 3.60. The second-order valence-corrected chi connectivity index (χ2v) is 4.95. The van der Waals surface area contributed by atoms with Gasteiger partial charge >= 0.3 is 6.18 Å². The lowest BCUT2D eigenvalue weighted by Gasteiger charge is -2.32. The van der Waals surface area contributed by atoms with Gasteiger partial charge in [-0.15, -0.1) is 0 Å². The lowest BCUT2D eigenvalue weighted by Crippen LogP contribution is -2.29. The zero-order valence-electron chi connectivity index (χ0n) is 11.7.